The summed E-state index contributed by atoms with van der Waals surface area (Å²) in [6.45, 7) is 2.56. The minimum Gasteiger partial charge on any atom is -0.339 e. The summed E-state index contributed by atoms with van der Waals surface area (Å²) in [6, 6.07) is 0. The molecule has 2 rings (SSSR count). The normalized spacial score (nSPS) is 18.9. The third kappa shape index (κ3) is 2.06. The highest BCUT2D eigenvalue weighted by Crippen LogP contribution is 2.31. The van der Waals surface area contributed by atoms with Crippen LogP contribution in [-0.4, -0.2) is 16.7 Å². The van der Waals surface area contributed by atoms with Crippen molar-refractivity contribution in [1.82, 2.24) is 10.1 Å². The molecule has 1 saturated carbocycles. The minimum absolute atomic E-state index is 0.181. The van der Waals surface area contributed by atoms with E-state index in [2.05, 4.69) is 10.1 Å². The van der Waals surface area contributed by atoms with E-state index in [-0.39, 0.29) is 5.92 Å². The lowest BCUT2D eigenvalue weighted by atomic mass is 10.2. The fraction of sp³-hybridized carbons (Fsp3) is 0.778. The summed E-state index contributed by atoms with van der Waals surface area (Å²) in [5.74, 6) is 2.51. The van der Waals surface area contributed by atoms with E-state index in [1.165, 1.54) is 12.8 Å². The van der Waals surface area contributed by atoms with Gasteiger partial charge in [-0.1, -0.05) is 12.1 Å². The highest BCUT2D eigenvalue weighted by molar-refractivity contribution is 4.95. The standard InChI is InChI=1S/C9H15N3O/c1-6(5-10)9-11-8(12-13-9)4-7-2-3-7/h6-7H,2-5,10H2,1H3. The maximum atomic E-state index is 5.50. The van der Waals surface area contributed by atoms with Gasteiger partial charge in [-0.3, -0.25) is 0 Å². The molecule has 0 spiro atoms. The molecule has 1 fully saturated rings. The maximum absolute atomic E-state index is 5.50. The van der Waals surface area contributed by atoms with Gasteiger partial charge in [0, 0.05) is 18.9 Å². The molecule has 1 aliphatic rings. The average molecular weight is 181 g/mol. The zero-order valence-electron chi connectivity index (χ0n) is 7.86. The number of hydrogen-bond donors (Lipinski definition) is 1. The van der Waals surface area contributed by atoms with Gasteiger partial charge in [0.05, 0.1) is 0 Å². The molecule has 13 heavy (non-hydrogen) atoms. The van der Waals surface area contributed by atoms with Crippen LogP contribution >= 0.6 is 0 Å². The molecule has 1 atom stereocenters. The quantitative estimate of drug-likeness (QED) is 0.755. The molecule has 4 nitrogen and oxygen atoms in total. The van der Waals surface area contributed by atoms with Crippen molar-refractivity contribution < 1.29 is 4.52 Å². The first-order chi connectivity index (χ1) is 6.29. The Hall–Kier alpha value is -0.900. The molecule has 0 radical (unpaired) electrons. The zero-order chi connectivity index (χ0) is 9.26. The van der Waals surface area contributed by atoms with Gasteiger partial charge >= 0.3 is 0 Å². The Morgan fingerprint density at radius 3 is 3.00 bits per heavy atom. The van der Waals surface area contributed by atoms with Crippen LogP contribution in [0.5, 0.6) is 0 Å². The third-order valence-electron chi connectivity index (χ3n) is 2.43. The Morgan fingerprint density at radius 1 is 1.62 bits per heavy atom. The van der Waals surface area contributed by atoms with Crippen molar-refractivity contribution in [2.45, 2.75) is 32.1 Å². The monoisotopic (exact) mass is 181 g/mol. The van der Waals surface area contributed by atoms with Gasteiger partial charge in [-0.05, 0) is 18.8 Å². The maximum Gasteiger partial charge on any atom is 0.230 e. The van der Waals surface area contributed by atoms with E-state index < -0.39 is 0 Å². The lowest BCUT2D eigenvalue weighted by Crippen LogP contribution is -2.09. The highest BCUT2D eigenvalue weighted by Gasteiger charge is 2.24. The van der Waals surface area contributed by atoms with Crippen molar-refractivity contribution in [3.63, 3.8) is 0 Å². The number of rotatable bonds is 4. The SMILES string of the molecule is CC(CN)c1nc(CC2CC2)no1. The van der Waals surface area contributed by atoms with E-state index in [1.54, 1.807) is 0 Å². The van der Waals surface area contributed by atoms with Crippen LogP contribution < -0.4 is 5.73 Å². The van der Waals surface area contributed by atoms with Crippen molar-refractivity contribution in [2.24, 2.45) is 11.7 Å². The smallest absolute Gasteiger partial charge is 0.230 e. The molecule has 4 heteroatoms. The molecule has 0 aliphatic heterocycles. The predicted octanol–water partition coefficient (Wildman–Crippen LogP) is 1.08. The van der Waals surface area contributed by atoms with Crippen molar-refractivity contribution in [1.29, 1.82) is 0 Å². The minimum atomic E-state index is 0.181. The summed E-state index contributed by atoms with van der Waals surface area (Å²) in [4.78, 5) is 4.30. The molecule has 1 unspecified atom stereocenters. The van der Waals surface area contributed by atoms with Crippen LogP contribution in [0.25, 0.3) is 0 Å². The lowest BCUT2D eigenvalue weighted by Gasteiger charge is -1.98. The Kier molecular flexibility index (Phi) is 2.31. The largest absolute Gasteiger partial charge is 0.339 e. The van der Waals surface area contributed by atoms with Crippen LogP contribution in [0.15, 0.2) is 4.52 Å². The molecular formula is C9H15N3O. The Morgan fingerprint density at radius 2 is 2.38 bits per heavy atom. The Labute approximate surface area is 77.5 Å². The van der Waals surface area contributed by atoms with Crippen molar-refractivity contribution >= 4 is 0 Å². The molecule has 1 aliphatic carbocycles. The molecule has 2 N–H and O–H groups in total. The molecule has 1 aromatic heterocycles. The van der Waals surface area contributed by atoms with Gasteiger partial charge in [-0.15, -0.1) is 0 Å². The van der Waals surface area contributed by atoms with Gasteiger partial charge < -0.3 is 10.3 Å². The van der Waals surface area contributed by atoms with Crippen LogP contribution in [0, 0.1) is 5.92 Å². The summed E-state index contributed by atoms with van der Waals surface area (Å²) < 4.78 is 5.10. The fourth-order valence-corrected chi connectivity index (χ4v) is 1.23. The van der Waals surface area contributed by atoms with E-state index in [4.69, 9.17) is 10.3 Å². The first-order valence-corrected chi connectivity index (χ1v) is 4.82. The second-order valence-electron chi connectivity index (χ2n) is 3.83. The summed E-state index contributed by atoms with van der Waals surface area (Å²) in [6.07, 6.45) is 3.60. The second-order valence-corrected chi connectivity index (χ2v) is 3.83. The first-order valence-electron chi connectivity index (χ1n) is 4.82. The van der Waals surface area contributed by atoms with E-state index in [0.717, 1.165) is 18.2 Å². The molecule has 1 aromatic rings. The molecule has 0 saturated heterocycles. The Balaban J connectivity index is 1.99. The molecule has 72 valence electrons. The third-order valence-corrected chi connectivity index (χ3v) is 2.43. The van der Waals surface area contributed by atoms with Crippen LogP contribution in [0.1, 0.15) is 37.4 Å². The van der Waals surface area contributed by atoms with Crippen LogP contribution in [-0.2, 0) is 6.42 Å². The van der Waals surface area contributed by atoms with E-state index >= 15 is 0 Å². The van der Waals surface area contributed by atoms with Gasteiger partial charge in [-0.25, -0.2) is 0 Å². The fourth-order valence-electron chi connectivity index (χ4n) is 1.23. The van der Waals surface area contributed by atoms with Gasteiger partial charge in [0.15, 0.2) is 5.82 Å². The molecule has 0 aromatic carbocycles. The van der Waals surface area contributed by atoms with Gasteiger partial charge in [0.2, 0.25) is 5.89 Å². The van der Waals surface area contributed by atoms with Crippen molar-refractivity contribution in [3.05, 3.63) is 11.7 Å². The van der Waals surface area contributed by atoms with Crippen LogP contribution in [0.3, 0.4) is 0 Å². The Bertz CT molecular complexity index is 280. The lowest BCUT2D eigenvalue weighted by molar-refractivity contribution is 0.356. The first kappa shape index (κ1) is 8.69. The van der Waals surface area contributed by atoms with E-state index in [9.17, 15) is 0 Å². The summed E-state index contributed by atoms with van der Waals surface area (Å²) >= 11 is 0. The summed E-state index contributed by atoms with van der Waals surface area (Å²) in [7, 11) is 0. The molecule has 0 amide bonds. The number of hydrogen-bond acceptors (Lipinski definition) is 4. The van der Waals surface area contributed by atoms with Crippen molar-refractivity contribution in [2.75, 3.05) is 6.54 Å². The predicted molar refractivity (Wildman–Crippen MR) is 48.2 cm³/mol. The highest BCUT2D eigenvalue weighted by atomic mass is 16.5. The second kappa shape index (κ2) is 3.46. The topological polar surface area (TPSA) is 64.9 Å². The van der Waals surface area contributed by atoms with Gasteiger partial charge in [-0.2, -0.15) is 4.98 Å². The molecular weight excluding hydrogens is 166 g/mol. The van der Waals surface area contributed by atoms with Gasteiger partial charge in [0.1, 0.15) is 0 Å². The summed E-state index contributed by atoms with van der Waals surface area (Å²) in [5, 5.41) is 3.92. The van der Waals surface area contributed by atoms with E-state index in [0.29, 0.717) is 12.4 Å². The average Bonchev–Trinajstić information content (AvgIpc) is 2.81. The van der Waals surface area contributed by atoms with Gasteiger partial charge in [0.25, 0.3) is 0 Å². The van der Waals surface area contributed by atoms with Crippen LogP contribution in [0.2, 0.25) is 0 Å². The number of nitrogens with zero attached hydrogens (tertiary/aromatic N) is 2. The number of aromatic nitrogens is 2. The summed E-state index contributed by atoms with van der Waals surface area (Å²) in [5.41, 5.74) is 5.50. The molecule has 0 bridgehead atoms. The van der Waals surface area contributed by atoms with Crippen LogP contribution in [0.4, 0.5) is 0 Å². The van der Waals surface area contributed by atoms with Crippen molar-refractivity contribution in [3.8, 4) is 0 Å². The van der Waals surface area contributed by atoms with E-state index in [1.807, 2.05) is 6.92 Å². The zero-order valence-corrected chi connectivity index (χ0v) is 7.86. The molecule has 1 heterocycles. The number of nitrogens with two attached hydrogens (primary N) is 1.